The Labute approximate surface area is 134 Å². The van der Waals surface area contributed by atoms with Gasteiger partial charge in [0, 0.05) is 42.1 Å². The third-order valence-corrected chi connectivity index (χ3v) is 6.82. The van der Waals surface area contributed by atoms with Crippen molar-refractivity contribution >= 4 is 50.8 Å². The summed E-state index contributed by atoms with van der Waals surface area (Å²) < 4.78 is 40.0. The molecular formula is C9H19Cl2N2O4PS2. The number of rotatable bonds is 8. The van der Waals surface area contributed by atoms with E-state index in [9.17, 15) is 8.77 Å². The van der Waals surface area contributed by atoms with Gasteiger partial charge in [-0.3, -0.25) is 4.57 Å². The predicted molar refractivity (Wildman–Crippen MR) is 85.7 cm³/mol. The van der Waals surface area contributed by atoms with E-state index in [-0.39, 0.29) is 11.8 Å². The van der Waals surface area contributed by atoms with E-state index in [2.05, 4.69) is 16.3 Å². The molecule has 1 aliphatic rings. The van der Waals surface area contributed by atoms with Gasteiger partial charge in [0.25, 0.3) is 0 Å². The summed E-state index contributed by atoms with van der Waals surface area (Å²) in [6.07, 6.45) is 0.992. The van der Waals surface area contributed by atoms with Crippen molar-refractivity contribution in [2.75, 3.05) is 37.2 Å². The summed E-state index contributed by atoms with van der Waals surface area (Å²) >= 11 is 15.8. The third-order valence-electron chi connectivity index (χ3n) is 2.86. The van der Waals surface area contributed by atoms with E-state index < -0.39 is 16.4 Å². The maximum Gasteiger partial charge on any atom is 0.343 e. The lowest BCUT2D eigenvalue weighted by Crippen LogP contribution is -2.42. The zero-order chi connectivity index (χ0) is 15.2. The average Bonchev–Trinajstić information content (AvgIpc) is 2.35. The van der Waals surface area contributed by atoms with E-state index in [0.29, 0.717) is 44.3 Å². The molecule has 20 heavy (non-hydrogen) atoms. The minimum atomic E-state index is -3.19. The molecule has 0 radical (unpaired) electrons. The number of nitrogens with one attached hydrogen (secondary N) is 1. The normalized spacial score (nSPS) is 30.3. The maximum absolute atomic E-state index is 12.8. The van der Waals surface area contributed by atoms with Gasteiger partial charge in [-0.1, -0.05) is 0 Å². The van der Waals surface area contributed by atoms with Crippen molar-refractivity contribution in [2.24, 2.45) is 0 Å². The Kier molecular flexibility index (Phi) is 8.20. The fourth-order valence-electron chi connectivity index (χ4n) is 1.88. The first-order chi connectivity index (χ1) is 9.30. The van der Waals surface area contributed by atoms with E-state index in [1.165, 1.54) is 0 Å². The molecule has 0 bridgehead atoms. The van der Waals surface area contributed by atoms with Crippen molar-refractivity contribution in [1.82, 2.24) is 9.76 Å². The first-order valence-electron chi connectivity index (χ1n) is 6.15. The molecule has 6 nitrogen and oxygen atoms in total. The van der Waals surface area contributed by atoms with Crippen LogP contribution in [0.25, 0.3) is 0 Å². The van der Waals surface area contributed by atoms with E-state index >= 15 is 0 Å². The van der Waals surface area contributed by atoms with Crippen molar-refractivity contribution in [1.29, 1.82) is 0 Å². The van der Waals surface area contributed by atoms with Gasteiger partial charge in [-0.25, -0.2) is 14.0 Å². The van der Waals surface area contributed by atoms with Crippen molar-refractivity contribution in [2.45, 2.75) is 18.9 Å². The van der Waals surface area contributed by atoms with Crippen LogP contribution >= 0.6 is 30.9 Å². The molecule has 0 aliphatic carbocycles. The fourth-order valence-corrected chi connectivity index (χ4v) is 5.60. The summed E-state index contributed by atoms with van der Waals surface area (Å²) in [7, 11) is -6.38. The number of nitrogens with zero attached hydrogens (tertiary/aromatic N) is 1. The summed E-state index contributed by atoms with van der Waals surface area (Å²) in [5, 5.41) is 2.93. The Morgan fingerprint density at radius 2 is 2.05 bits per heavy atom. The number of alkyl halides is 2. The lowest BCUT2D eigenvalue weighted by atomic mass is 10.2. The van der Waals surface area contributed by atoms with Crippen molar-refractivity contribution in [3.8, 4) is 0 Å². The molecule has 1 aliphatic heterocycles. The summed E-state index contributed by atoms with van der Waals surface area (Å²) in [5.74, 6) is 0.616. The zero-order valence-corrected chi connectivity index (χ0v) is 14.9. The first kappa shape index (κ1) is 19.1. The highest BCUT2D eigenvalue weighted by Gasteiger charge is 2.37. The molecule has 11 heteroatoms. The van der Waals surface area contributed by atoms with Gasteiger partial charge in [0.2, 0.25) is 0 Å². The molecule has 1 saturated heterocycles. The highest BCUT2D eigenvalue weighted by molar-refractivity contribution is 8.29. The van der Waals surface area contributed by atoms with Crippen LogP contribution in [-0.4, -0.2) is 56.7 Å². The van der Waals surface area contributed by atoms with Gasteiger partial charge in [-0.2, -0.15) is 0 Å². The molecule has 0 saturated carbocycles. The van der Waals surface area contributed by atoms with Gasteiger partial charge in [-0.05, 0) is 12.8 Å². The fraction of sp³-hybridized carbons (Fsp3) is 1.00. The van der Waals surface area contributed by atoms with E-state index in [1.807, 2.05) is 0 Å². The summed E-state index contributed by atoms with van der Waals surface area (Å²) in [6, 6.07) is -0.168. The van der Waals surface area contributed by atoms with Gasteiger partial charge in [0.1, 0.15) is 8.77 Å². The summed E-state index contributed by atoms with van der Waals surface area (Å²) in [6.45, 7) is 1.10. The average molecular weight is 385 g/mol. The molecule has 3 atom stereocenters. The molecule has 0 aromatic carbocycles. The van der Waals surface area contributed by atoms with Gasteiger partial charge >= 0.3 is 7.67 Å². The van der Waals surface area contributed by atoms with Crippen LogP contribution in [-0.2, 0) is 29.0 Å². The quantitative estimate of drug-likeness (QED) is 0.488. The van der Waals surface area contributed by atoms with Gasteiger partial charge in [0.15, 0.2) is 0 Å². The molecule has 1 heterocycles. The lowest BCUT2D eigenvalue weighted by Gasteiger charge is -2.37. The highest BCUT2D eigenvalue weighted by Crippen LogP contribution is 2.49. The molecule has 0 aromatic rings. The van der Waals surface area contributed by atoms with Crippen LogP contribution in [0.3, 0.4) is 0 Å². The standard InChI is InChI=1S/C9H19Cl2N2O4PS2/c10-3-5-13(6-4-11)18(14)12-9(1-7-17-18)2-8-20(15,16)19/h9H,1-8H2,(H,12,14)(H,15,16,19). The lowest BCUT2D eigenvalue weighted by molar-refractivity contribution is 0.209. The Hall–Kier alpha value is 1.02. The molecule has 1 rings (SSSR count). The van der Waals surface area contributed by atoms with Crippen LogP contribution < -0.4 is 5.09 Å². The van der Waals surface area contributed by atoms with E-state index in [1.54, 1.807) is 4.67 Å². The largest absolute Gasteiger partial charge is 0.343 e. The van der Waals surface area contributed by atoms with E-state index in [0.717, 1.165) is 0 Å². The van der Waals surface area contributed by atoms with Crippen LogP contribution in [0.2, 0.25) is 0 Å². The first-order valence-corrected chi connectivity index (χ1v) is 11.4. The minimum Gasteiger partial charge on any atom is -0.306 e. The monoisotopic (exact) mass is 384 g/mol. The number of halogens is 2. The molecular weight excluding hydrogens is 366 g/mol. The predicted octanol–water partition coefficient (Wildman–Crippen LogP) is 1.86. The van der Waals surface area contributed by atoms with Crippen molar-refractivity contribution in [3.63, 3.8) is 0 Å². The van der Waals surface area contributed by atoms with Crippen LogP contribution in [0.1, 0.15) is 12.8 Å². The Morgan fingerprint density at radius 3 is 2.55 bits per heavy atom. The molecule has 3 unspecified atom stereocenters. The molecule has 0 aromatic heterocycles. The Bertz CT molecular complexity index is 445. The number of hydrogen-bond donors (Lipinski definition) is 2. The maximum atomic E-state index is 12.8. The third kappa shape index (κ3) is 6.42. The smallest absolute Gasteiger partial charge is 0.306 e. The second-order valence-electron chi connectivity index (χ2n) is 4.37. The molecule has 2 N–H and O–H groups in total. The molecule has 0 spiro atoms. The summed E-state index contributed by atoms with van der Waals surface area (Å²) in [5.41, 5.74) is 0. The minimum absolute atomic E-state index is 0.00892. The SMILES string of the molecule is O=P1(N(CCCl)CCCl)NC(CCS(=O)(O)=S)CCO1. The topological polar surface area (TPSA) is 78.9 Å². The van der Waals surface area contributed by atoms with Gasteiger partial charge in [0.05, 0.1) is 12.4 Å². The molecule has 1 fully saturated rings. The Morgan fingerprint density at radius 1 is 1.45 bits per heavy atom. The van der Waals surface area contributed by atoms with E-state index in [4.69, 9.17) is 32.3 Å². The number of hydrogen-bond acceptors (Lipinski definition) is 4. The van der Waals surface area contributed by atoms with Crippen molar-refractivity contribution < 1.29 is 17.9 Å². The van der Waals surface area contributed by atoms with Crippen LogP contribution in [0.4, 0.5) is 0 Å². The van der Waals surface area contributed by atoms with Gasteiger partial charge < -0.3 is 9.08 Å². The molecule has 0 amide bonds. The zero-order valence-electron chi connectivity index (χ0n) is 10.9. The molecule has 120 valence electrons. The summed E-state index contributed by atoms with van der Waals surface area (Å²) in [4.78, 5) is 0. The second-order valence-corrected chi connectivity index (χ2v) is 10.4. The van der Waals surface area contributed by atoms with Gasteiger partial charge in [-0.15, -0.1) is 23.2 Å². The van der Waals surface area contributed by atoms with Crippen LogP contribution in [0.5, 0.6) is 0 Å². The van der Waals surface area contributed by atoms with Crippen LogP contribution in [0, 0.1) is 0 Å². The van der Waals surface area contributed by atoms with Crippen molar-refractivity contribution in [3.05, 3.63) is 0 Å². The van der Waals surface area contributed by atoms with Crippen LogP contribution in [0.15, 0.2) is 0 Å². The Balaban J connectivity index is 2.67. The highest BCUT2D eigenvalue weighted by atomic mass is 35.5. The second kappa shape index (κ2) is 8.60.